The van der Waals surface area contributed by atoms with Crippen LogP contribution in [0.4, 0.5) is 5.69 Å². The molecular weight excluding hydrogens is 478 g/mol. The molecule has 8 N–H and O–H groups in total. The van der Waals surface area contributed by atoms with E-state index in [0.29, 0.717) is 24.0 Å². The van der Waals surface area contributed by atoms with Crippen LogP contribution in [-0.4, -0.2) is 53.0 Å². The van der Waals surface area contributed by atoms with Crippen molar-refractivity contribution in [3.8, 4) is 0 Å². The van der Waals surface area contributed by atoms with Crippen molar-refractivity contribution < 1.29 is 23.1 Å². The van der Waals surface area contributed by atoms with Crippen molar-refractivity contribution in [3.63, 3.8) is 0 Å². The minimum absolute atomic E-state index is 0.0377. The monoisotopic (exact) mass is 499 g/mol. The highest BCUT2D eigenvalue weighted by Gasteiger charge is 2.25. The number of anilines is 1. The quantitative estimate of drug-likeness (QED) is 0.157. The first-order valence-electron chi connectivity index (χ1n) is 9.28. The number of aromatic nitrogens is 2. The van der Waals surface area contributed by atoms with E-state index in [1.807, 2.05) is 0 Å². The minimum Gasteiger partial charge on any atom is -0.480 e. The Morgan fingerprint density at radius 3 is 2.62 bits per heavy atom. The average Bonchev–Trinajstić information content (AvgIpc) is 3.38. The summed E-state index contributed by atoms with van der Waals surface area (Å²) < 4.78 is 36.0. The molecule has 3 rings (SSSR count). The van der Waals surface area contributed by atoms with Crippen LogP contribution in [0.1, 0.15) is 22.5 Å². The fourth-order valence-corrected chi connectivity index (χ4v) is 5.18. The zero-order chi connectivity index (χ0) is 23.3. The van der Waals surface area contributed by atoms with E-state index in [1.54, 1.807) is 6.07 Å². The zero-order valence-corrected chi connectivity index (χ0v) is 19.0. The van der Waals surface area contributed by atoms with E-state index in [-0.39, 0.29) is 21.9 Å². The van der Waals surface area contributed by atoms with Gasteiger partial charge in [0.1, 0.15) is 28.2 Å². The Balaban J connectivity index is 1.70. The molecule has 0 aliphatic rings. The predicted octanol–water partition coefficient (Wildman–Crippen LogP) is 0.307. The lowest BCUT2D eigenvalue weighted by Gasteiger charge is -2.16. The molecule has 1 atom stereocenters. The molecule has 0 unspecified atom stereocenters. The molecule has 0 aliphatic heterocycles. The Morgan fingerprint density at radius 1 is 1.16 bits per heavy atom. The number of nitrogens with one attached hydrogen (secondary N) is 3. The Labute approximate surface area is 191 Å². The summed E-state index contributed by atoms with van der Waals surface area (Å²) in [6.45, 7) is 0.375. The number of aliphatic carboxylic acids is 1. The number of thiophene rings is 1. The van der Waals surface area contributed by atoms with Gasteiger partial charge in [-0.1, -0.05) is 0 Å². The van der Waals surface area contributed by atoms with Gasteiger partial charge in [-0.05, 0) is 49.0 Å². The van der Waals surface area contributed by atoms with Gasteiger partial charge in [0.2, 0.25) is 0 Å². The van der Waals surface area contributed by atoms with Crippen molar-refractivity contribution in [2.24, 2.45) is 11.5 Å². The number of amides is 1. The van der Waals surface area contributed by atoms with E-state index in [9.17, 15) is 23.1 Å². The maximum Gasteiger partial charge on any atom is 0.326 e. The van der Waals surface area contributed by atoms with Crippen LogP contribution in [-0.2, 0) is 14.8 Å². The molecule has 2 heterocycles. The van der Waals surface area contributed by atoms with Crippen LogP contribution in [0.2, 0.25) is 0 Å². The number of carboxylic acid groups (broad SMARTS) is 1. The summed E-state index contributed by atoms with van der Waals surface area (Å²) in [6.07, 6.45) is -0.184. The number of nitrogens with two attached hydrogens (primary N) is 2. The number of nitrogens with zero attached hydrogens (tertiary/aromatic N) is 2. The minimum atomic E-state index is -4.01. The SMILES string of the molecule is NC(N)NCCC[C@H](NC(=O)c1sccc1NS(=O)(=O)c1ccc2nsnc2c1)C(=O)O. The molecule has 0 saturated carbocycles. The van der Waals surface area contributed by atoms with E-state index in [0.717, 1.165) is 23.1 Å². The van der Waals surface area contributed by atoms with Gasteiger partial charge in [-0.3, -0.25) is 14.8 Å². The molecule has 0 fully saturated rings. The number of hydrogen-bond acceptors (Lipinski definition) is 11. The molecule has 12 nitrogen and oxygen atoms in total. The smallest absolute Gasteiger partial charge is 0.326 e. The third kappa shape index (κ3) is 5.96. The van der Waals surface area contributed by atoms with Gasteiger partial charge in [0.25, 0.3) is 15.9 Å². The number of carbonyl (C=O) groups excluding carboxylic acids is 1. The fraction of sp³-hybridized carbons (Fsp3) is 0.294. The van der Waals surface area contributed by atoms with Gasteiger partial charge < -0.3 is 21.9 Å². The molecular formula is C17H21N7O5S3. The molecule has 0 saturated heterocycles. The molecule has 0 spiro atoms. The predicted molar refractivity (Wildman–Crippen MR) is 121 cm³/mol. The van der Waals surface area contributed by atoms with Gasteiger partial charge >= 0.3 is 5.97 Å². The number of hydrogen-bond donors (Lipinski definition) is 6. The molecule has 32 heavy (non-hydrogen) atoms. The highest BCUT2D eigenvalue weighted by atomic mass is 32.2. The summed E-state index contributed by atoms with van der Waals surface area (Å²) in [6, 6.07) is 4.58. The third-order valence-electron chi connectivity index (χ3n) is 4.30. The van der Waals surface area contributed by atoms with E-state index in [1.165, 1.54) is 23.6 Å². The first-order valence-corrected chi connectivity index (χ1v) is 12.4. The van der Waals surface area contributed by atoms with Crippen LogP contribution in [0.3, 0.4) is 0 Å². The van der Waals surface area contributed by atoms with Crippen molar-refractivity contribution >= 4 is 61.7 Å². The van der Waals surface area contributed by atoms with Crippen molar-refractivity contribution in [2.75, 3.05) is 11.3 Å². The summed E-state index contributed by atoms with van der Waals surface area (Å²) in [5.74, 6) is -1.91. The van der Waals surface area contributed by atoms with Gasteiger partial charge in [-0.15, -0.1) is 11.3 Å². The van der Waals surface area contributed by atoms with E-state index >= 15 is 0 Å². The molecule has 0 radical (unpaired) electrons. The number of carboxylic acids is 1. The summed E-state index contributed by atoms with van der Waals surface area (Å²) in [7, 11) is -4.01. The summed E-state index contributed by atoms with van der Waals surface area (Å²) in [4.78, 5) is 24.2. The molecule has 1 aromatic carbocycles. The second-order valence-corrected chi connectivity index (χ2v) is 9.80. The van der Waals surface area contributed by atoms with Crippen LogP contribution in [0.5, 0.6) is 0 Å². The molecule has 0 bridgehead atoms. The topological polar surface area (TPSA) is 202 Å². The third-order valence-corrected chi connectivity index (χ3v) is 7.14. The highest BCUT2D eigenvalue weighted by Crippen LogP contribution is 2.26. The van der Waals surface area contributed by atoms with Crippen molar-refractivity contribution in [1.82, 2.24) is 19.4 Å². The highest BCUT2D eigenvalue weighted by molar-refractivity contribution is 7.92. The summed E-state index contributed by atoms with van der Waals surface area (Å²) in [5.41, 5.74) is 11.8. The van der Waals surface area contributed by atoms with Gasteiger partial charge in [0, 0.05) is 0 Å². The van der Waals surface area contributed by atoms with Crippen molar-refractivity contribution in [2.45, 2.75) is 30.1 Å². The number of benzene rings is 1. The standard InChI is InChI=1S/C17H21N7O5S3/c18-17(19)20-6-1-2-12(16(26)27)21-15(25)14-11(5-7-30-14)24-32(28,29)9-3-4-10-13(8-9)23-31-22-10/h3-5,7-8,12,17,20,24H,1-2,6,18-19H2,(H,21,25)(H,26,27)/t12-/m0/s1. The van der Waals surface area contributed by atoms with Gasteiger partial charge in [0.05, 0.1) is 22.3 Å². The van der Waals surface area contributed by atoms with Crippen molar-refractivity contribution in [1.29, 1.82) is 0 Å². The van der Waals surface area contributed by atoms with Crippen molar-refractivity contribution in [3.05, 3.63) is 34.5 Å². The maximum atomic E-state index is 12.8. The van der Waals surface area contributed by atoms with Crippen LogP contribution >= 0.6 is 23.1 Å². The molecule has 15 heteroatoms. The molecule has 1 amide bonds. The maximum absolute atomic E-state index is 12.8. The van der Waals surface area contributed by atoms with Crippen LogP contribution in [0.25, 0.3) is 11.0 Å². The summed E-state index contributed by atoms with van der Waals surface area (Å²) in [5, 5.41) is 16.1. The second kappa shape index (κ2) is 10.3. The average molecular weight is 500 g/mol. The number of fused-ring (bicyclic) bond motifs is 1. The van der Waals surface area contributed by atoms with E-state index in [2.05, 4.69) is 24.1 Å². The summed E-state index contributed by atoms with van der Waals surface area (Å²) >= 11 is 1.95. The molecule has 2 aromatic heterocycles. The lowest BCUT2D eigenvalue weighted by atomic mass is 10.1. The lowest BCUT2D eigenvalue weighted by Crippen LogP contribution is -2.46. The molecule has 0 aliphatic carbocycles. The van der Waals surface area contributed by atoms with Gasteiger partial charge in [0.15, 0.2) is 0 Å². The molecule has 3 aromatic rings. The Morgan fingerprint density at radius 2 is 1.91 bits per heavy atom. The Kier molecular flexibility index (Phi) is 7.70. The van der Waals surface area contributed by atoms with Crippen LogP contribution in [0.15, 0.2) is 34.5 Å². The zero-order valence-electron chi connectivity index (χ0n) is 16.5. The van der Waals surface area contributed by atoms with E-state index < -0.39 is 34.2 Å². The van der Waals surface area contributed by atoms with Crippen LogP contribution in [0, 0.1) is 0 Å². The van der Waals surface area contributed by atoms with Crippen LogP contribution < -0.4 is 26.8 Å². The Bertz CT molecular complexity index is 1210. The van der Waals surface area contributed by atoms with Gasteiger partial charge in [-0.2, -0.15) is 8.75 Å². The van der Waals surface area contributed by atoms with Gasteiger partial charge in [-0.25, -0.2) is 13.2 Å². The number of carbonyl (C=O) groups is 2. The fourth-order valence-electron chi connectivity index (χ4n) is 2.75. The lowest BCUT2D eigenvalue weighted by molar-refractivity contribution is -0.139. The number of sulfonamides is 1. The van der Waals surface area contributed by atoms with E-state index in [4.69, 9.17) is 11.5 Å². The molecule has 172 valence electrons. The largest absolute Gasteiger partial charge is 0.480 e. The Hall–Kier alpha value is -2.69. The first-order chi connectivity index (χ1) is 15.2. The normalized spacial score (nSPS) is 12.7. The number of rotatable bonds is 11. The first kappa shape index (κ1) is 24.0. The second-order valence-electron chi connectivity index (χ2n) is 6.67.